The highest BCUT2D eigenvalue weighted by molar-refractivity contribution is 9.10. The summed E-state index contributed by atoms with van der Waals surface area (Å²) in [6, 6.07) is 98.0. The van der Waals surface area contributed by atoms with E-state index in [1.54, 1.807) is 33.1 Å². The van der Waals surface area contributed by atoms with Crippen LogP contribution in [0.3, 0.4) is 0 Å². The molecule has 15 rings (SSSR count). The van der Waals surface area contributed by atoms with E-state index in [0.29, 0.717) is 5.92 Å². The molecule has 0 aliphatic carbocycles. The van der Waals surface area contributed by atoms with Gasteiger partial charge in [-0.3, -0.25) is 0 Å². The van der Waals surface area contributed by atoms with Gasteiger partial charge in [-0.1, -0.05) is 332 Å². The maximum Gasteiger partial charge on any atom is 0.126 e. The van der Waals surface area contributed by atoms with Gasteiger partial charge in [-0.15, -0.1) is 0 Å². The summed E-state index contributed by atoms with van der Waals surface area (Å²) in [7, 11) is 1.68. The van der Waals surface area contributed by atoms with Crippen molar-refractivity contribution in [3.63, 3.8) is 0 Å². The molecule has 0 aliphatic heterocycles. The highest BCUT2D eigenvalue weighted by Gasteiger charge is 2.15. The van der Waals surface area contributed by atoms with Gasteiger partial charge in [0.05, 0.1) is 7.11 Å². The molecule has 0 N–H and O–H groups in total. The van der Waals surface area contributed by atoms with E-state index in [-0.39, 0.29) is 17.0 Å². The van der Waals surface area contributed by atoms with Crippen molar-refractivity contribution in [3.05, 3.63) is 517 Å². The Hall–Kier alpha value is -10.5. The van der Waals surface area contributed by atoms with Crippen LogP contribution in [0.5, 0.6) is 5.75 Å². The Kier molecular flexibility index (Phi) is 60.2. The number of aryl methyl sites for hydroxylation is 24. The van der Waals surface area contributed by atoms with Crippen LogP contribution in [0.15, 0.2) is 300 Å². The molecule has 0 saturated heterocycles. The van der Waals surface area contributed by atoms with Crippen LogP contribution < -0.4 is 4.74 Å². The van der Waals surface area contributed by atoms with E-state index in [9.17, 15) is 8.78 Å². The number of hydrogen-bond acceptors (Lipinski definition) is 1. The number of rotatable bonds is 2. The molecule has 15 aromatic rings. The first-order chi connectivity index (χ1) is 64.6. The van der Waals surface area contributed by atoms with E-state index < -0.39 is 0 Å². The summed E-state index contributed by atoms with van der Waals surface area (Å²) in [6.07, 6.45) is 0. The van der Waals surface area contributed by atoms with Crippen LogP contribution >= 0.6 is 55.1 Å². The van der Waals surface area contributed by atoms with Crippen molar-refractivity contribution in [2.45, 2.75) is 274 Å². The zero-order chi connectivity index (χ0) is 105. The van der Waals surface area contributed by atoms with Crippen molar-refractivity contribution in [3.8, 4) is 5.75 Å². The second kappa shape index (κ2) is 66.2. The fourth-order valence-corrected chi connectivity index (χ4v) is 14.4. The molecule has 0 atom stereocenters. The van der Waals surface area contributed by atoms with E-state index in [0.717, 1.165) is 42.5 Å². The lowest BCUT2D eigenvalue weighted by molar-refractivity contribution is 0.414. The standard InChI is InChI=1S/2C11H16.C10H14.C9H12O.2C9H12.2C8H9Br.2C8H9Cl.2C8H9F.3C8H10/c1-9-7-5-6-8-10(9)11(2,3)4;1-8(2)11-7-5-6-9(3)10(11)4;1-7-5-8(2)10(4)9(3)6-7;1-7-4-5-9(10-3)6-8(7)2;2*1-7-5-4-6-8(2)9(7)3;1-6-3-4-8(9)5-7(6)2;5*1-6-4-3-5-8(9)7(6)2;3*1-7-5-3-4-6-8(7)2/h2*5-8H,1-4H3;5-6H,1-4H3;4-6H,1-3H3;2*4-6H,1-3H3;6*3-5H,1-2H3;3*3-6H,1-2H3. The topological polar surface area (TPSA) is 9.23 Å². The van der Waals surface area contributed by atoms with Gasteiger partial charge in [-0.25, -0.2) is 8.78 Å². The number of ether oxygens (including phenoxy) is 1. The van der Waals surface area contributed by atoms with Gasteiger partial charge in [-0.05, 0) is 484 Å². The molecule has 0 aliphatic rings. The van der Waals surface area contributed by atoms with Crippen molar-refractivity contribution < 1.29 is 13.5 Å². The molecule has 0 unspecified atom stereocenters. The molecule has 738 valence electrons. The van der Waals surface area contributed by atoms with Gasteiger partial charge in [0.15, 0.2) is 0 Å². The third-order valence-electron chi connectivity index (χ3n) is 25.2. The Balaban J connectivity index is 0.000000740. The van der Waals surface area contributed by atoms with E-state index in [4.69, 9.17) is 27.9 Å². The molecule has 0 radical (unpaired) electrons. The third-order valence-corrected chi connectivity index (χ3v) is 27.4. The lowest BCUT2D eigenvalue weighted by atomic mass is 9.84. The van der Waals surface area contributed by atoms with Gasteiger partial charge in [0.25, 0.3) is 0 Å². The molecule has 1 nitrogen and oxygen atoms in total. The van der Waals surface area contributed by atoms with Crippen LogP contribution in [0.1, 0.15) is 235 Å². The van der Waals surface area contributed by atoms with Crippen LogP contribution in [0.25, 0.3) is 0 Å². The predicted octanol–water partition coefficient (Wildman–Crippen LogP) is 41.0. The summed E-state index contributed by atoms with van der Waals surface area (Å²) in [5.74, 6) is 1.35. The third kappa shape index (κ3) is 48.9. The Bertz CT molecular complexity index is 5320. The average molecular weight is 2030 g/mol. The van der Waals surface area contributed by atoms with E-state index in [2.05, 4.69) is 466 Å². The molecular formula is C131H166Br2Cl2F2O. The van der Waals surface area contributed by atoms with Gasteiger partial charge in [0.1, 0.15) is 17.4 Å². The maximum absolute atomic E-state index is 12.6. The van der Waals surface area contributed by atoms with Crippen molar-refractivity contribution >= 4 is 55.1 Å². The second-order valence-electron chi connectivity index (χ2n) is 37.4. The van der Waals surface area contributed by atoms with Crippen molar-refractivity contribution in [2.75, 3.05) is 7.11 Å². The molecule has 0 saturated carbocycles. The van der Waals surface area contributed by atoms with Crippen molar-refractivity contribution in [2.24, 2.45) is 0 Å². The summed E-state index contributed by atoms with van der Waals surface area (Å²) < 4.78 is 32.6. The van der Waals surface area contributed by atoms with Gasteiger partial charge in [0, 0.05) is 19.0 Å². The number of halogens is 6. The van der Waals surface area contributed by atoms with Gasteiger partial charge in [-0.2, -0.15) is 0 Å². The summed E-state index contributed by atoms with van der Waals surface area (Å²) in [4.78, 5) is 0. The fraction of sp³-hybridized carbons (Fsp3) is 0.313. The first-order valence-electron chi connectivity index (χ1n) is 47.8. The van der Waals surface area contributed by atoms with Crippen molar-refractivity contribution in [1.82, 2.24) is 0 Å². The quantitative estimate of drug-likeness (QED) is 0.168. The van der Waals surface area contributed by atoms with E-state index in [1.165, 1.54) is 189 Å². The molecule has 0 amide bonds. The van der Waals surface area contributed by atoms with Crippen molar-refractivity contribution in [1.29, 1.82) is 0 Å². The molecule has 7 heteroatoms. The molecule has 138 heavy (non-hydrogen) atoms. The predicted molar refractivity (Wildman–Crippen MR) is 618 cm³/mol. The Morgan fingerprint density at radius 3 is 0.725 bits per heavy atom. The normalized spacial score (nSPS) is 9.84. The fourth-order valence-electron chi connectivity index (χ4n) is 13.0. The molecule has 0 spiro atoms. The molecule has 15 aromatic carbocycles. The summed E-state index contributed by atoms with van der Waals surface area (Å²) in [6.45, 7) is 80.1. The molecular weight excluding hydrogens is 1860 g/mol. The van der Waals surface area contributed by atoms with E-state index in [1.807, 2.05) is 82.3 Å². The Morgan fingerprint density at radius 1 is 0.232 bits per heavy atom. The minimum absolute atomic E-state index is 0.116. The lowest BCUT2D eigenvalue weighted by Gasteiger charge is -2.21. The monoisotopic (exact) mass is 2020 g/mol. The summed E-state index contributed by atoms with van der Waals surface area (Å²) in [5.41, 5.74) is 45.9. The van der Waals surface area contributed by atoms with Crippen LogP contribution in [-0.4, -0.2) is 7.11 Å². The number of methoxy groups -OCH3 is 1. The smallest absolute Gasteiger partial charge is 0.126 e. The SMILES string of the molecule is COc1ccc(C)c(C)c1.Cc1cc(C)c(C)c(C)c1.Cc1ccc(Br)cc1C.Cc1cccc(Br)c1C.Cc1cccc(C(C)C)c1C.Cc1cccc(C)c1C.Cc1cccc(C)c1C.Cc1cccc(Cl)c1C.Cc1cccc(Cl)c1C.Cc1cccc(F)c1C.Cc1cccc(F)c1C.Cc1ccccc1C.Cc1ccccc1C.Cc1ccccc1C.Cc1ccccc1C(C)(C)C. The van der Waals surface area contributed by atoms with Gasteiger partial charge >= 0.3 is 0 Å². The summed E-state index contributed by atoms with van der Waals surface area (Å²) in [5, 5.41) is 1.71. The van der Waals surface area contributed by atoms with Crippen LogP contribution in [0.4, 0.5) is 8.78 Å². The molecule has 0 bridgehead atoms. The lowest BCUT2D eigenvalue weighted by Crippen LogP contribution is -2.12. The largest absolute Gasteiger partial charge is 0.497 e. The van der Waals surface area contributed by atoms with Gasteiger partial charge in [0.2, 0.25) is 0 Å². The highest BCUT2D eigenvalue weighted by Crippen LogP contribution is 2.27. The highest BCUT2D eigenvalue weighted by atomic mass is 79.9. The average Bonchev–Trinajstić information content (AvgIpc) is 0.841. The molecule has 0 fully saturated rings. The van der Waals surface area contributed by atoms with Crippen LogP contribution in [-0.2, 0) is 5.41 Å². The maximum atomic E-state index is 12.6. The first kappa shape index (κ1) is 126. The number of benzene rings is 15. The van der Waals surface area contributed by atoms with Crippen LogP contribution in [0.2, 0.25) is 10.0 Å². The molecule has 0 aromatic heterocycles. The minimum atomic E-state index is -0.116. The number of hydrogen-bond donors (Lipinski definition) is 0. The molecule has 0 heterocycles. The van der Waals surface area contributed by atoms with Gasteiger partial charge < -0.3 is 4.74 Å². The minimum Gasteiger partial charge on any atom is -0.497 e. The Labute approximate surface area is 865 Å². The first-order valence-corrected chi connectivity index (χ1v) is 50.2. The summed E-state index contributed by atoms with van der Waals surface area (Å²) >= 11 is 18.5. The van der Waals surface area contributed by atoms with E-state index >= 15 is 0 Å². The second-order valence-corrected chi connectivity index (χ2v) is 40.0. The zero-order valence-electron chi connectivity index (χ0n) is 91.5. The zero-order valence-corrected chi connectivity index (χ0v) is 96.2. The Morgan fingerprint density at radius 2 is 0.486 bits per heavy atom. The van der Waals surface area contributed by atoms with Crippen LogP contribution in [0, 0.1) is 240 Å².